The maximum absolute atomic E-state index is 5.76. The van der Waals surface area contributed by atoms with Crippen molar-refractivity contribution in [3.05, 3.63) is 24.3 Å². The van der Waals surface area contributed by atoms with Gasteiger partial charge >= 0.3 is 0 Å². The Balaban J connectivity index is 2.17. The van der Waals surface area contributed by atoms with Crippen LogP contribution in [0.15, 0.2) is 18.2 Å². The lowest BCUT2D eigenvalue weighted by molar-refractivity contribution is -0.0766. The van der Waals surface area contributed by atoms with E-state index in [4.69, 9.17) is 9.47 Å². The van der Waals surface area contributed by atoms with Crippen molar-refractivity contribution in [3.8, 4) is 11.5 Å². The number of hydrogen-bond donors (Lipinski definition) is 0. The summed E-state index contributed by atoms with van der Waals surface area (Å²) >= 11 is 0. The summed E-state index contributed by atoms with van der Waals surface area (Å²) in [5.74, 6) is 1.69. The van der Waals surface area contributed by atoms with Gasteiger partial charge in [-0.3, -0.25) is 0 Å². The highest BCUT2D eigenvalue weighted by Gasteiger charge is 2.36. The minimum Gasteiger partial charge on any atom is -0.449 e. The SMILES string of the molecule is CC(C)CC1(C)Oc2c[c]ccc2O1. The van der Waals surface area contributed by atoms with Crippen molar-refractivity contribution in [2.75, 3.05) is 0 Å². The van der Waals surface area contributed by atoms with Gasteiger partial charge in [-0.05, 0) is 24.1 Å². The molecule has 1 atom stereocenters. The minimum absolute atomic E-state index is 0.494. The third-order valence-corrected chi connectivity index (χ3v) is 2.22. The van der Waals surface area contributed by atoms with Crippen molar-refractivity contribution in [2.24, 2.45) is 5.92 Å². The molecule has 0 fully saturated rings. The Kier molecular flexibility index (Phi) is 2.14. The van der Waals surface area contributed by atoms with E-state index in [0.717, 1.165) is 17.9 Å². The summed E-state index contributed by atoms with van der Waals surface area (Å²) in [7, 11) is 0. The zero-order valence-corrected chi connectivity index (χ0v) is 8.83. The Morgan fingerprint density at radius 2 is 2.07 bits per heavy atom. The van der Waals surface area contributed by atoms with Gasteiger partial charge in [-0.25, -0.2) is 0 Å². The number of fused-ring (bicyclic) bond motifs is 1. The summed E-state index contributed by atoms with van der Waals surface area (Å²) in [4.78, 5) is 0. The third-order valence-electron chi connectivity index (χ3n) is 2.22. The monoisotopic (exact) mass is 191 g/mol. The van der Waals surface area contributed by atoms with Gasteiger partial charge < -0.3 is 9.47 Å². The van der Waals surface area contributed by atoms with Gasteiger partial charge in [-0.2, -0.15) is 0 Å². The molecule has 2 nitrogen and oxygen atoms in total. The van der Waals surface area contributed by atoms with Crippen molar-refractivity contribution >= 4 is 0 Å². The molecular weight excluding hydrogens is 176 g/mol. The second-order valence-corrected chi connectivity index (χ2v) is 4.31. The quantitative estimate of drug-likeness (QED) is 0.715. The molecule has 1 heterocycles. The van der Waals surface area contributed by atoms with Crippen LogP contribution in [0.4, 0.5) is 0 Å². The van der Waals surface area contributed by atoms with Crippen LogP contribution in [0.5, 0.6) is 11.5 Å². The first-order valence-electron chi connectivity index (χ1n) is 4.97. The van der Waals surface area contributed by atoms with E-state index in [0.29, 0.717) is 5.92 Å². The topological polar surface area (TPSA) is 18.5 Å². The molecule has 0 saturated carbocycles. The molecule has 1 aromatic carbocycles. The van der Waals surface area contributed by atoms with Crippen molar-refractivity contribution < 1.29 is 9.47 Å². The van der Waals surface area contributed by atoms with Gasteiger partial charge in [0.25, 0.3) is 0 Å². The molecule has 75 valence electrons. The van der Waals surface area contributed by atoms with E-state index in [1.165, 1.54) is 0 Å². The molecule has 0 aliphatic carbocycles. The first-order valence-corrected chi connectivity index (χ1v) is 4.97. The summed E-state index contributed by atoms with van der Waals surface area (Å²) in [6, 6.07) is 8.53. The van der Waals surface area contributed by atoms with Crippen molar-refractivity contribution in [1.29, 1.82) is 0 Å². The predicted octanol–water partition coefficient (Wildman–Crippen LogP) is 3.02. The molecule has 0 bridgehead atoms. The van der Waals surface area contributed by atoms with Gasteiger partial charge in [0.1, 0.15) is 0 Å². The van der Waals surface area contributed by atoms with Crippen LogP contribution in [0.2, 0.25) is 0 Å². The molecule has 0 amide bonds. The zero-order valence-electron chi connectivity index (χ0n) is 8.83. The fraction of sp³-hybridized carbons (Fsp3) is 0.500. The summed E-state index contributed by atoms with van der Waals surface area (Å²) in [6.07, 6.45) is 0.891. The predicted molar refractivity (Wildman–Crippen MR) is 54.4 cm³/mol. The molecule has 1 aromatic rings. The van der Waals surface area contributed by atoms with Gasteiger partial charge in [0.05, 0.1) is 0 Å². The largest absolute Gasteiger partial charge is 0.449 e. The molecule has 0 aromatic heterocycles. The van der Waals surface area contributed by atoms with Crippen LogP contribution in [0.25, 0.3) is 0 Å². The van der Waals surface area contributed by atoms with Crippen molar-refractivity contribution in [2.45, 2.75) is 33.0 Å². The lowest BCUT2D eigenvalue weighted by atomic mass is 10.0. The van der Waals surface area contributed by atoms with E-state index in [-0.39, 0.29) is 0 Å². The van der Waals surface area contributed by atoms with Crippen LogP contribution in [0, 0.1) is 12.0 Å². The van der Waals surface area contributed by atoms with E-state index in [2.05, 4.69) is 19.9 Å². The maximum Gasteiger partial charge on any atom is 0.249 e. The van der Waals surface area contributed by atoms with Crippen LogP contribution in [-0.2, 0) is 0 Å². The second-order valence-electron chi connectivity index (χ2n) is 4.31. The van der Waals surface area contributed by atoms with Gasteiger partial charge in [0.15, 0.2) is 11.5 Å². The average molecular weight is 191 g/mol. The van der Waals surface area contributed by atoms with Crippen LogP contribution in [0.1, 0.15) is 27.2 Å². The standard InChI is InChI=1S/C12H15O2/c1-9(2)8-12(3)13-10-6-4-5-7-11(10)14-12/h4,6-7,9H,8H2,1-3H3. The van der Waals surface area contributed by atoms with Gasteiger partial charge in [0, 0.05) is 13.3 Å². The molecule has 0 N–H and O–H groups in total. The van der Waals surface area contributed by atoms with Crippen LogP contribution in [0.3, 0.4) is 0 Å². The summed E-state index contributed by atoms with van der Waals surface area (Å²) < 4.78 is 11.5. The number of benzene rings is 1. The fourth-order valence-corrected chi connectivity index (χ4v) is 1.88. The van der Waals surface area contributed by atoms with Crippen LogP contribution < -0.4 is 9.47 Å². The lowest BCUT2D eigenvalue weighted by Crippen LogP contribution is -2.36. The zero-order chi connectivity index (χ0) is 10.2. The van der Waals surface area contributed by atoms with Crippen LogP contribution in [-0.4, -0.2) is 5.79 Å². The Morgan fingerprint density at radius 3 is 2.71 bits per heavy atom. The van der Waals surface area contributed by atoms with E-state index in [1.54, 1.807) is 0 Å². The average Bonchev–Trinajstić information content (AvgIpc) is 2.38. The van der Waals surface area contributed by atoms with Crippen LogP contribution >= 0.6 is 0 Å². The molecule has 0 saturated heterocycles. The number of hydrogen-bond acceptors (Lipinski definition) is 2. The van der Waals surface area contributed by atoms with Crippen molar-refractivity contribution in [3.63, 3.8) is 0 Å². The third kappa shape index (κ3) is 1.69. The first kappa shape index (κ1) is 9.38. The molecule has 2 rings (SSSR count). The highest BCUT2D eigenvalue weighted by molar-refractivity contribution is 5.42. The van der Waals surface area contributed by atoms with Gasteiger partial charge in [0.2, 0.25) is 5.79 Å². The summed E-state index contributed by atoms with van der Waals surface area (Å²) in [5, 5.41) is 0. The molecule has 1 radical (unpaired) electrons. The van der Waals surface area contributed by atoms with E-state index >= 15 is 0 Å². The Labute approximate surface area is 84.8 Å². The fourth-order valence-electron chi connectivity index (χ4n) is 1.88. The molecule has 0 spiro atoms. The highest BCUT2D eigenvalue weighted by Crippen LogP contribution is 2.40. The smallest absolute Gasteiger partial charge is 0.249 e. The van der Waals surface area contributed by atoms with E-state index in [9.17, 15) is 0 Å². The summed E-state index contributed by atoms with van der Waals surface area (Å²) in [5.41, 5.74) is 0. The lowest BCUT2D eigenvalue weighted by Gasteiger charge is -2.24. The molecule has 1 aliphatic rings. The Bertz CT molecular complexity index is 306. The Hall–Kier alpha value is -1.18. The van der Waals surface area contributed by atoms with E-state index in [1.807, 2.05) is 25.1 Å². The van der Waals surface area contributed by atoms with Crippen molar-refractivity contribution in [1.82, 2.24) is 0 Å². The van der Waals surface area contributed by atoms with Gasteiger partial charge in [-0.1, -0.05) is 19.9 Å². The normalized spacial score (nSPS) is 17.4. The molecule has 1 aliphatic heterocycles. The second kappa shape index (κ2) is 3.19. The first-order chi connectivity index (χ1) is 6.59. The Morgan fingerprint density at radius 1 is 1.36 bits per heavy atom. The summed E-state index contributed by atoms with van der Waals surface area (Å²) in [6.45, 7) is 6.30. The minimum atomic E-state index is -0.494. The molecule has 14 heavy (non-hydrogen) atoms. The van der Waals surface area contributed by atoms with E-state index < -0.39 is 5.79 Å². The molecular formula is C12H15O2. The number of ether oxygens (including phenoxy) is 2. The molecule has 1 unspecified atom stereocenters. The number of rotatable bonds is 2. The molecule has 2 heteroatoms. The van der Waals surface area contributed by atoms with Gasteiger partial charge in [-0.15, -0.1) is 0 Å². The maximum atomic E-state index is 5.76. The highest BCUT2D eigenvalue weighted by atomic mass is 16.7.